The highest BCUT2D eigenvalue weighted by molar-refractivity contribution is 9.10. The van der Waals surface area contributed by atoms with E-state index in [0.29, 0.717) is 21.2 Å². The second kappa shape index (κ2) is 7.37. The first-order valence-electron chi connectivity index (χ1n) is 8.30. The molecule has 0 bridgehead atoms. The maximum atomic E-state index is 12.5. The summed E-state index contributed by atoms with van der Waals surface area (Å²) in [5, 5.41) is 10.1. The molecule has 0 amide bonds. The summed E-state index contributed by atoms with van der Waals surface area (Å²) >= 11 is 3.47. The van der Waals surface area contributed by atoms with Crippen molar-refractivity contribution in [1.29, 1.82) is 5.26 Å². The first-order chi connectivity index (χ1) is 13.0. The molecular weight excluding hydrogens is 410 g/mol. The molecule has 5 nitrogen and oxygen atoms in total. The molecule has 0 unspecified atom stereocenters. The summed E-state index contributed by atoms with van der Waals surface area (Å²) in [5.74, 6) is -2.20. The number of esters is 2. The molecule has 0 spiro atoms. The molecule has 0 N–H and O–H groups in total. The van der Waals surface area contributed by atoms with Gasteiger partial charge >= 0.3 is 11.9 Å². The van der Waals surface area contributed by atoms with Gasteiger partial charge in [0.25, 0.3) is 0 Å². The Morgan fingerprint density at radius 1 is 1.30 bits per heavy atom. The van der Waals surface area contributed by atoms with E-state index in [2.05, 4.69) is 28.6 Å². The maximum absolute atomic E-state index is 12.5. The molecule has 1 heterocycles. The van der Waals surface area contributed by atoms with E-state index in [-0.39, 0.29) is 12.2 Å². The highest BCUT2D eigenvalue weighted by atomic mass is 79.9. The van der Waals surface area contributed by atoms with Crippen molar-refractivity contribution in [2.45, 2.75) is 18.4 Å². The van der Waals surface area contributed by atoms with Crippen molar-refractivity contribution >= 4 is 27.9 Å². The molecule has 136 valence electrons. The van der Waals surface area contributed by atoms with Crippen LogP contribution in [0.15, 0.2) is 65.2 Å². The van der Waals surface area contributed by atoms with E-state index >= 15 is 0 Å². The predicted molar refractivity (Wildman–Crippen MR) is 102 cm³/mol. The third-order valence-electron chi connectivity index (χ3n) is 4.48. The van der Waals surface area contributed by atoms with Crippen molar-refractivity contribution in [3.8, 4) is 6.07 Å². The number of hydrogen-bond donors (Lipinski definition) is 0. The lowest BCUT2D eigenvalue weighted by molar-refractivity contribution is -0.139. The van der Waals surface area contributed by atoms with Crippen molar-refractivity contribution < 1.29 is 19.1 Å². The third kappa shape index (κ3) is 3.04. The van der Waals surface area contributed by atoms with Crippen LogP contribution in [0.3, 0.4) is 0 Å². The molecule has 3 rings (SSSR count). The monoisotopic (exact) mass is 425 g/mol. The number of carbonyl (C=O) groups is 2. The molecule has 6 heteroatoms. The van der Waals surface area contributed by atoms with Crippen LogP contribution in [0, 0.1) is 11.3 Å². The number of nitriles is 1. The summed E-state index contributed by atoms with van der Waals surface area (Å²) in [5.41, 5.74) is -0.380. The number of nitrogens with zero attached hydrogens (tertiary/aromatic N) is 1. The van der Waals surface area contributed by atoms with E-state index in [0.717, 1.165) is 0 Å². The van der Waals surface area contributed by atoms with Gasteiger partial charge < -0.3 is 9.47 Å². The smallest absolute Gasteiger partial charge is 0.340 e. The summed E-state index contributed by atoms with van der Waals surface area (Å²) in [4.78, 5) is 24.9. The molecule has 0 radical (unpaired) electrons. The van der Waals surface area contributed by atoms with Gasteiger partial charge in [0.1, 0.15) is 6.07 Å². The fourth-order valence-electron chi connectivity index (χ4n) is 3.31. The summed E-state index contributed by atoms with van der Waals surface area (Å²) in [7, 11) is 0. The van der Waals surface area contributed by atoms with E-state index in [1.165, 1.54) is 0 Å². The Bertz CT molecular complexity index is 978. The number of carbonyl (C=O) groups excluding carboxylic acids is 2. The SMILES string of the molecule is C=C(C(=O)OCC)[C@@H](c1ccccc1Br)[C@]1(C#N)OC(=O)c2ccccc21. The van der Waals surface area contributed by atoms with Crippen LogP contribution in [0.1, 0.15) is 34.3 Å². The van der Waals surface area contributed by atoms with Crippen LogP contribution in [0.25, 0.3) is 0 Å². The summed E-state index contributed by atoms with van der Waals surface area (Å²) in [6.45, 7) is 5.74. The van der Waals surface area contributed by atoms with Crippen LogP contribution in [0.2, 0.25) is 0 Å². The Morgan fingerprint density at radius 2 is 1.96 bits per heavy atom. The molecule has 2 atom stereocenters. The van der Waals surface area contributed by atoms with E-state index in [1.807, 2.05) is 6.07 Å². The topological polar surface area (TPSA) is 76.4 Å². The van der Waals surface area contributed by atoms with Crippen LogP contribution in [0.4, 0.5) is 0 Å². The summed E-state index contributed by atoms with van der Waals surface area (Å²) in [6.07, 6.45) is 0. The number of rotatable bonds is 5. The quantitative estimate of drug-likeness (QED) is 0.528. The molecule has 0 aromatic heterocycles. The fourth-order valence-corrected chi connectivity index (χ4v) is 3.82. The van der Waals surface area contributed by atoms with Gasteiger partial charge in [-0.15, -0.1) is 0 Å². The van der Waals surface area contributed by atoms with Crippen molar-refractivity contribution in [1.82, 2.24) is 0 Å². The number of cyclic esters (lactones) is 1. The lowest BCUT2D eigenvalue weighted by Crippen LogP contribution is -2.36. The molecule has 27 heavy (non-hydrogen) atoms. The minimum absolute atomic E-state index is 0.0369. The predicted octanol–water partition coefficient (Wildman–Crippen LogP) is 4.24. The molecule has 0 saturated carbocycles. The Balaban J connectivity index is 2.26. The van der Waals surface area contributed by atoms with Crippen LogP contribution in [0.5, 0.6) is 0 Å². The zero-order valence-electron chi connectivity index (χ0n) is 14.6. The Hall–Kier alpha value is -2.91. The second-order valence-corrected chi connectivity index (χ2v) is 6.84. The van der Waals surface area contributed by atoms with Crippen LogP contribution in [-0.4, -0.2) is 18.5 Å². The number of halogens is 1. The van der Waals surface area contributed by atoms with Gasteiger partial charge in [0.05, 0.1) is 18.1 Å². The standard InChI is InChI=1S/C21H16BrNO4/c1-3-26-19(24)13(2)18(15-9-5-7-11-17(15)22)21(12-23)16-10-6-4-8-14(16)20(25)27-21/h4-11,18H,2-3H2,1H3/t18-,21+/m0/s1. The van der Waals surface area contributed by atoms with Crippen LogP contribution < -0.4 is 0 Å². The van der Waals surface area contributed by atoms with Gasteiger partial charge in [-0.25, -0.2) is 9.59 Å². The molecule has 2 aromatic rings. The van der Waals surface area contributed by atoms with Gasteiger partial charge in [-0.3, -0.25) is 0 Å². The van der Waals surface area contributed by atoms with Gasteiger partial charge in [0, 0.05) is 15.6 Å². The van der Waals surface area contributed by atoms with Gasteiger partial charge in [-0.1, -0.05) is 58.9 Å². The number of hydrogen-bond acceptors (Lipinski definition) is 5. The van der Waals surface area contributed by atoms with Gasteiger partial charge in [0.2, 0.25) is 5.60 Å². The lowest BCUT2D eigenvalue weighted by Gasteiger charge is -2.32. The largest absolute Gasteiger partial charge is 0.463 e. The highest BCUT2D eigenvalue weighted by Crippen LogP contribution is 2.50. The Morgan fingerprint density at radius 3 is 2.63 bits per heavy atom. The normalized spacial score (nSPS) is 18.8. The zero-order chi connectivity index (χ0) is 19.6. The van der Waals surface area contributed by atoms with E-state index < -0.39 is 23.5 Å². The zero-order valence-corrected chi connectivity index (χ0v) is 16.2. The number of fused-ring (bicyclic) bond motifs is 1. The van der Waals surface area contributed by atoms with Gasteiger partial charge in [-0.2, -0.15) is 5.26 Å². The molecule has 2 aromatic carbocycles. The molecule has 0 saturated heterocycles. The van der Waals surface area contributed by atoms with Crippen molar-refractivity contribution in [3.05, 3.63) is 81.8 Å². The van der Waals surface area contributed by atoms with Crippen molar-refractivity contribution in [2.75, 3.05) is 6.61 Å². The average Bonchev–Trinajstić information content (AvgIpc) is 2.97. The second-order valence-electron chi connectivity index (χ2n) is 5.98. The maximum Gasteiger partial charge on any atom is 0.340 e. The van der Waals surface area contributed by atoms with Gasteiger partial charge in [0.15, 0.2) is 0 Å². The Labute approximate surface area is 165 Å². The molecule has 1 aliphatic heterocycles. The fraction of sp³-hybridized carbons (Fsp3) is 0.190. The molecular formula is C21H16BrNO4. The lowest BCUT2D eigenvalue weighted by atomic mass is 9.74. The van der Waals surface area contributed by atoms with Crippen molar-refractivity contribution in [3.63, 3.8) is 0 Å². The first-order valence-corrected chi connectivity index (χ1v) is 9.10. The molecule has 1 aliphatic rings. The summed E-state index contributed by atoms with van der Waals surface area (Å²) < 4.78 is 11.4. The van der Waals surface area contributed by atoms with E-state index in [4.69, 9.17) is 9.47 Å². The Kier molecular flexibility index (Phi) is 5.15. The van der Waals surface area contributed by atoms with E-state index in [1.54, 1.807) is 49.4 Å². The molecule has 0 aliphatic carbocycles. The van der Waals surface area contributed by atoms with Gasteiger partial charge in [-0.05, 0) is 24.6 Å². The number of benzene rings is 2. The van der Waals surface area contributed by atoms with Crippen LogP contribution in [-0.2, 0) is 19.9 Å². The van der Waals surface area contributed by atoms with E-state index in [9.17, 15) is 14.9 Å². The minimum atomic E-state index is -1.72. The first kappa shape index (κ1) is 18.9. The highest BCUT2D eigenvalue weighted by Gasteiger charge is 2.54. The average molecular weight is 426 g/mol. The minimum Gasteiger partial charge on any atom is -0.463 e. The van der Waals surface area contributed by atoms with Crippen molar-refractivity contribution in [2.24, 2.45) is 0 Å². The summed E-state index contributed by atoms with van der Waals surface area (Å²) in [6, 6.07) is 15.9. The third-order valence-corrected chi connectivity index (χ3v) is 5.20. The van der Waals surface area contributed by atoms with Crippen LogP contribution >= 0.6 is 15.9 Å². The molecule has 0 fully saturated rings. The number of ether oxygens (including phenoxy) is 2.